The second-order valence-corrected chi connectivity index (χ2v) is 5.81. The summed E-state index contributed by atoms with van der Waals surface area (Å²) in [6.45, 7) is 1.96. The molecule has 1 atom stereocenters. The number of nitrogens with one attached hydrogen (secondary N) is 1. The summed E-state index contributed by atoms with van der Waals surface area (Å²) in [6.07, 6.45) is -3.47. The van der Waals surface area contributed by atoms with Crippen LogP contribution in [0.3, 0.4) is 0 Å². The van der Waals surface area contributed by atoms with Gasteiger partial charge in [-0.05, 0) is 24.6 Å². The van der Waals surface area contributed by atoms with Gasteiger partial charge in [0.15, 0.2) is 5.17 Å². The van der Waals surface area contributed by atoms with Crippen molar-refractivity contribution in [2.24, 2.45) is 4.99 Å². The molecule has 2 aliphatic rings. The Kier molecular flexibility index (Phi) is 3.12. The second kappa shape index (κ2) is 4.62. The standard InChI is InChI=1S/C12H11F3N4OS/c1-7-2-3-16-8(6-7)17-11(12(13,14)15)9(20)19-4-5-21-10(19)18-11/h2-3,6H,4-5H2,1H3,(H,16,17)/t11-/m0/s1. The first kappa shape index (κ1) is 14.2. The molecule has 9 heteroatoms. The van der Waals surface area contributed by atoms with Gasteiger partial charge in [-0.1, -0.05) is 11.8 Å². The highest BCUT2D eigenvalue weighted by atomic mass is 32.2. The van der Waals surface area contributed by atoms with Crippen LogP contribution in [0.25, 0.3) is 0 Å². The van der Waals surface area contributed by atoms with Gasteiger partial charge in [0.1, 0.15) is 5.82 Å². The van der Waals surface area contributed by atoms with E-state index in [4.69, 9.17) is 0 Å². The first-order valence-electron chi connectivity index (χ1n) is 6.16. The van der Waals surface area contributed by atoms with Crippen molar-refractivity contribution < 1.29 is 18.0 Å². The van der Waals surface area contributed by atoms with Crippen molar-refractivity contribution in [1.29, 1.82) is 0 Å². The van der Waals surface area contributed by atoms with E-state index in [1.54, 1.807) is 13.0 Å². The van der Waals surface area contributed by atoms with Gasteiger partial charge < -0.3 is 5.32 Å². The molecule has 1 saturated heterocycles. The summed E-state index contributed by atoms with van der Waals surface area (Å²) in [5.74, 6) is -0.573. The third kappa shape index (κ3) is 2.15. The van der Waals surface area contributed by atoms with Crippen LogP contribution in [-0.2, 0) is 4.79 Å². The van der Waals surface area contributed by atoms with Crippen LogP contribution < -0.4 is 5.32 Å². The molecule has 1 N–H and O–H groups in total. The van der Waals surface area contributed by atoms with Gasteiger partial charge >= 0.3 is 11.8 Å². The SMILES string of the molecule is Cc1ccnc(N[C@]2(C(F)(F)F)N=C3SCCN3C2=O)c1. The number of thioether (sulfide) groups is 1. The normalized spacial score (nSPS) is 25.0. The Balaban J connectivity index is 2.04. The zero-order valence-corrected chi connectivity index (χ0v) is 11.8. The number of anilines is 1. The average Bonchev–Trinajstić information content (AvgIpc) is 2.92. The molecule has 1 fully saturated rings. The molecule has 2 aliphatic heterocycles. The van der Waals surface area contributed by atoms with E-state index < -0.39 is 17.7 Å². The third-order valence-corrected chi connectivity index (χ3v) is 4.19. The van der Waals surface area contributed by atoms with Gasteiger partial charge in [-0.25, -0.2) is 9.98 Å². The second-order valence-electron chi connectivity index (χ2n) is 4.75. The van der Waals surface area contributed by atoms with Crippen LogP contribution in [0.2, 0.25) is 0 Å². The van der Waals surface area contributed by atoms with E-state index in [-0.39, 0.29) is 17.5 Å². The summed E-state index contributed by atoms with van der Waals surface area (Å²) in [6, 6.07) is 3.10. The molecular weight excluding hydrogens is 305 g/mol. The summed E-state index contributed by atoms with van der Waals surface area (Å²) in [7, 11) is 0. The van der Waals surface area contributed by atoms with E-state index >= 15 is 0 Å². The number of alkyl halides is 3. The maximum absolute atomic E-state index is 13.5. The maximum atomic E-state index is 13.5. The van der Waals surface area contributed by atoms with Gasteiger partial charge in [0, 0.05) is 18.5 Å². The number of amidine groups is 1. The molecule has 5 nitrogen and oxygen atoms in total. The molecular formula is C12H11F3N4OS. The first-order valence-corrected chi connectivity index (χ1v) is 7.14. The maximum Gasteiger partial charge on any atom is 0.442 e. The lowest BCUT2D eigenvalue weighted by molar-refractivity contribution is -0.185. The van der Waals surface area contributed by atoms with Crippen LogP contribution in [0.4, 0.5) is 19.0 Å². The fourth-order valence-corrected chi connectivity index (χ4v) is 3.18. The van der Waals surface area contributed by atoms with Crippen LogP contribution >= 0.6 is 11.8 Å². The van der Waals surface area contributed by atoms with Crippen molar-refractivity contribution in [3.8, 4) is 0 Å². The Bertz CT molecular complexity index is 633. The number of nitrogens with zero attached hydrogens (tertiary/aromatic N) is 3. The number of hydrogen-bond donors (Lipinski definition) is 1. The number of aryl methyl sites for hydroxylation is 1. The number of pyridine rings is 1. The zero-order chi connectivity index (χ0) is 15.3. The smallest absolute Gasteiger partial charge is 0.331 e. The van der Waals surface area contributed by atoms with Crippen LogP contribution in [0, 0.1) is 6.92 Å². The third-order valence-electron chi connectivity index (χ3n) is 3.23. The molecule has 0 unspecified atom stereocenters. The van der Waals surface area contributed by atoms with E-state index in [0.29, 0.717) is 5.75 Å². The van der Waals surface area contributed by atoms with E-state index in [0.717, 1.165) is 22.2 Å². The van der Waals surface area contributed by atoms with Crippen molar-refractivity contribution >= 4 is 28.7 Å². The van der Waals surface area contributed by atoms with Crippen molar-refractivity contribution in [1.82, 2.24) is 9.88 Å². The Morgan fingerprint density at radius 2 is 2.24 bits per heavy atom. The Labute approximate surface area is 122 Å². The quantitative estimate of drug-likeness (QED) is 0.907. The van der Waals surface area contributed by atoms with E-state index in [2.05, 4.69) is 15.3 Å². The van der Waals surface area contributed by atoms with Crippen LogP contribution in [0.1, 0.15) is 5.56 Å². The van der Waals surface area contributed by atoms with Crippen LogP contribution in [0.5, 0.6) is 0 Å². The number of halogens is 3. The number of aromatic nitrogens is 1. The van der Waals surface area contributed by atoms with Gasteiger partial charge in [-0.3, -0.25) is 9.69 Å². The summed E-state index contributed by atoms with van der Waals surface area (Å²) in [5.41, 5.74) is -2.24. The minimum atomic E-state index is -4.85. The van der Waals surface area contributed by atoms with Crippen molar-refractivity contribution in [2.75, 3.05) is 17.6 Å². The largest absolute Gasteiger partial charge is 0.442 e. The average molecular weight is 316 g/mol. The van der Waals surface area contributed by atoms with Crippen LogP contribution in [-0.4, -0.2) is 45.1 Å². The highest BCUT2D eigenvalue weighted by molar-refractivity contribution is 8.14. The van der Waals surface area contributed by atoms with Gasteiger partial charge in [0.2, 0.25) is 0 Å². The van der Waals surface area contributed by atoms with E-state index in [1.807, 2.05) is 0 Å². The van der Waals surface area contributed by atoms with Gasteiger partial charge in [0.25, 0.3) is 5.91 Å². The van der Waals surface area contributed by atoms with Crippen molar-refractivity contribution in [2.45, 2.75) is 18.8 Å². The van der Waals surface area contributed by atoms with E-state index in [1.165, 1.54) is 12.3 Å². The molecule has 0 saturated carbocycles. The molecule has 1 amide bonds. The Morgan fingerprint density at radius 1 is 1.48 bits per heavy atom. The zero-order valence-electron chi connectivity index (χ0n) is 10.9. The number of carbonyl (C=O) groups excluding carboxylic acids is 1. The van der Waals surface area contributed by atoms with E-state index in [9.17, 15) is 18.0 Å². The molecule has 1 aromatic heterocycles. The molecule has 0 aliphatic carbocycles. The number of carbonyl (C=O) groups is 1. The Morgan fingerprint density at radius 3 is 2.86 bits per heavy atom. The monoisotopic (exact) mass is 316 g/mol. The van der Waals surface area contributed by atoms with Gasteiger partial charge in [-0.2, -0.15) is 13.2 Å². The lowest BCUT2D eigenvalue weighted by Crippen LogP contribution is -2.57. The highest BCUT2D eigenvalue weighted by Gasteiger charge is 2.67. The fraction of sp³-hybridized carbons (Fsp3) is 0.417. The lowest BCUT2D eigenvalue weighted by Gasteiger charge is -2.29. The summed E-state index contributed by atoms with van der Waals surface area (Å²) in [4.78, 5) is 20.8. The van der Waals surface area contributed by atoms with Gasteiger partial charge in [0.05, 0.1) is 0 Å². The molecule has 112 valence electrons. The lowest BCUT2D eigenvalue weighted by atomic mass is 10.1. The number of amides is 1. The fourth-order valence-electron chi connectivity index (χ4n) is 2.20. The molecule has 0 spiro atoms. The van der Waals surface area contributed by atoms with Crippen molar-refractivity contribution in [3.05, 3.63) is 23.9 Å². The van der Waals surface area contributed by atoms with Crippen molar-refractivity contribution in [3.63, 3.8) is 0 Å². The first-order chi connectivity index (χ1) is 9.83. The molecule has 3 heterocycles. The topological polar surface area (TPSA) is 57.6 Å². The number of rotatable bonds is 2. The number of hydrogen-bond acceptors (Lipinski definition) is 5. The highest BCUT2D eigenvalue weighted by Crippen LogP contribution is 2.42. The number of aliphatic imine (C=N–C) groups is 1. The predicted octanol–water partition coefficient (Wildman–Crippen LogP) is 2.01. The molecule has 3 rings (SSSR count). The number of fused-ring (bicyclic) bond motifs is 1. The molecule has 0 aromatic carbocycles. The molecule has 0 bridgehead atoms. The van der Waals surface area contributed by atoms with Gasteiger partial charge in [-0.15, -0.1) is 0 Å². The predicted molar refractivity (Wildman–Crippen MR) is 73.0 cm³/mol. The summed E-state index contributed by atoms with van der Waals surface area (Å²) < 4.78 is 40.5. The summed E-state index contributed by atoms with van der Waals surface area (Å²) in [5, 5.41) is 2.29. The minimum Gasteiger partial charge on any atom is -0.331 e. The van der Waals surface area contributed by atoms with Crippen LogP contribution in [0.15, 0.2) is 23.3 Å². The minimum absolute atomic E-state index is 0.0313. The molecule has 0 radical (unpaired) electrons. The molecule has 1 aromatic rings. The molecule has 21 heavy (non-hydrogen) atoms. The Hall–Kier alpha value is -1.77. The summed E-state index contributed by atoms with van der Waals surface area (Å²) >= 11 is 1.14.